The molecule has 0 saturated heterocycles. The van der Waals surface area contributed by atoms with Gasteiger partial charge in [0.25, 0.3) is 0 Å². The Morgan fingerprint density at radius 3 is 3.25 bits per heavy atom. The van der Waals surface area contributed by atoms with Crippen LogP contribution in [0.25, 0.3) is 0 Å². The first kappa shape index (κ1) is 5.68. The molecule has 0 aliphatic carbocycles. The Hall–Kier alpha value is -0.450. The first-order chi connectivity index (χ1) is 3.93. The molecule has 0 aliphatic rings. The summed E-state index contributed by atoms with van der Waals surface area (Å²) in [6, 6.07) is 0. The second-order valence-corrected chi connectivity index (χ2v) is 2.24. The van der Waals surface area contributed by atoms with E-state index in [2.05, 4.69) is 4.98 Å². The molecule has 0 bridgehead atoms. The Labute approximate surface area is 51.0 Å². The lowest BCUT2D eigenvalue weighted by Gasteiger charge is -1.86. The summed E-state index contributed by atoms with van der Waals surface area (Å²) in [5, 5.41) is 10.9. The maximum atomic E-state index is 8.15. The Morgan fingerprint density at radius 1 is 1.88 bits per heavy atom. The molecule has 0 unspecified atom stereocenters. The van der Waals surface area contributed by atoms with E-state index in [-0.39, 0.29) is 0 Å². The standard InChI is InChI=1S/C4H6N2OS/c7-6-3-4-5-1-2-8-4/h1-2,6-7H,3H2. The fourth-order valence-electron chi connectivity index (χ4n) is 0.408. The normalized spacial score (nSPS) is 9.62. The molecule has 0 atom stereocenters. The first-order valence-corrected chi connectivity index (χ1v) is 3.07. The van der Waals surface area contributed by atoms with Gasteiger partial charge < -0.3 is 5.21 Å². The molecule has 0 amide bonds. The number of aromatic nitrogens is 1. The molecule has 0 saturated carbocycles. The predicted molar refractivity (Wildman–Crippen MR) is 30.7 cm³/mol. The van der Waals surface area contributed by atoms with Gasteiger partial charge in [-0.3, -0.25) is 0 Å². The summed E-state index contributed by atoms with van der Waals surface area (Å²) in [4.78, 5) is 3.90. The van der Waals surface area contributed by atoms with Crippen LogP contribution in [0.2, 0.25) is 0 Å². The molecule has 1 heterocycles. The van der Waals surface area contributed by atoms with Gasteiger partial charge in [-0.15, -0.1) is 11.3 Å². The van der Waals surface area contributed by atoms with Gasteiger partial charge in [-0.05, 0) is 0 Å². The lowest BCUT2D eigenvalue weighted by atomic mass is 10.7. The van der Waals surface area contributed by atoms with Crippen molar-refractivity contribution in [2.75, 3.05) is 0 Å². The highest BCUT2D eigenvalue weighted by Crippen LogP contribution is 2.01. The molecular weight excluding hydrogens is 124 g/mol. The summed E-state index contributed by atoms with van der Waals surface area (Å²) in [6.07, 6.45) is 1.71. The highest BCUT2D eigenvalue weighted by atomic mass is 32.1. The first-order valence-electron chi connectivity index (χ1n) is 2.19. The quantitative estimate of drug-likeness (QED) is 0.577. The molecule has 1 aromatic rings. The minimum Gasteiger partial charge on any atom is -0.316 e. The lowest BCUT2D eigenvalue weighted by molar-refractivity contribution is 0.161. The van der Waals surface area contributed by atoms with Crippen LogP contribution in [0.4, 0.5) is 0 Å². The average molecular weight is 130 g/mol. The van der Waals surface area contributed by atoms with E-state index in [1.807, 2.05) is 10.9 Å². The number of nitrogens with one attached hydrogen (secondary N) is 1. The van der Waals surface area contributed by atoms with Gasteiger partial charge in [0.1, 0.15) is 5.01 Å². The number of hydrogen-bond acceptors (Lipinski definition) is 4. The van der Waals surface area contributed by atoms with Crippen molar-refractivity contribution >= 4 is 11.3 Å². The monoisotopic (exact) mass is 130 g/mol. The van der Waals surface area contributed by atoms with Crippen LogP contribution in [0.15, 0.2) is 11.6 Å². The van der Waals surface area contributed by atoms with Crippen LogP contribution < -0.4 is 5.48 Å². The van der Waals surface area contributed by atoms with E-state index in [0.717, 1.165) is 5.01 Å². The Bertz CT molecular complexity index is 140. The van der Waals surface area contributed by atoms with Crippen LogP contribution in [0.3, 0.4) is 0 Å². The van der Waals surface area contributed by atoms with E-state index in [1.165, 1.54) is 11.3 Å². The molecule has 0 radical (unpaired) electrons. The minimum atomic E-state index is 0.442. The van der Waals surface area contributed by atoms with Gasteiger partial charge >= 0.3 is 0 Å². The van der Waals surface area contributed by atoms with Crippen molar-refractivity contribution in [3.8, 4) is 0 Å². The number of nitrogens with zero attached hydrogens (tertiary/aromatic N) is 1. The van der Waals surface area contributed by atoms with Crippen LogP contribution in [-0.2, 0) is 6.54 Å². The Kier molecular flexibility index (Phi) is 1.96. The van der Waals surface area contributed by atoms with Gasteiger partial charge in [-0.2, -0.15) is 5.48 Å². The zero-order chi connectivity index (χ0) is 5.82. The number of hydroxylamine groups is 1. The van der Waals surface area contributed by atoms with Crippen molar-refractivity contribution in [2.24, 2.45) is 0 Å². The van der Waals surface area contributed by atoms with Crippen molar-refractivity contribution < 1.29 is 5.21 Å². The van der Waals surface area contributed by atoms with E-state index in [9.17, 15) is 0 Å². The summed E-state index contributed by atoms with van der Waals surface area (Å²) in [6.45, 7) is 0.442. The summed E-state index contributed by atoms with van der Waals surface area (Å²) in [5.74, 6) is 0. The molecule has 8 heavy (non-hydrogen) atoms. The average Bonchev–Trinajstić information content (AvgIpc) is 2.19. The smallest absolute Gasteiger partial charge is 0.109 e. The zero-order valence-electron chi connectivity index (χ0n) is 4.16. The van der Waals surface area contributed by atoms with Crippen molar-refractivity contribution in [3.05, 3.63) is 16.6 Å². The van der Waals surface area contributed by atoms with Crippen LogP contribution >= 0.6 is 11.3 Å². The van der Waals surface area contributed by atoms with Crippen LogP contribution in [0, 0.1) is 0 Å². The molecule has 0 fully saturated rings. The third-order valence-corrected chi connectivity index (χ3v) is 1.49. The summed E-state index contributed by atoms with van der Waals surface area (Å²) >= 11 is 1.51. The van der Waals surface area contributed by atoms with E-state index in [0.29, 0.717) is 6.54 Å². The molecular formula is C4H6N2OS. The van der Waals surface area contributed by atoms with Crippen molar-refractivity contribution in [1.29, 1.82) is 0 Å². The highest BCUT2D eigenvalue weighted by molar-refractivity contribution is 7.09. The molecule has 44 valence electrons. The van der Waals surface area contributed by atoms with Crippen molar-refractivity contribution in [1.82, 2.24) is 10.5 Å². The van der Waals surface area contributed by atoms with Gasteiger partial charge in [0.05, 0.1) is 6.54 Å². The van der Waals surface area contributed by atoms with E-state index in [1.54, 1.807) is 6.20 Å². The zero-order valence-corrected chi connectivity index (χ0v) is 4.98. The second-order valence-electron chi connectivity index (χ2n) is 1.26. The van der Waals surface area contributed by atoms with Crippen LogP contribution in [0.5, 0.6) is 0 Å². The molecule has 0 aliphatic heterocycles. The molecule has 1 aromatic heterocycles. The Morgan fingerprint density at radius 2 is 2.75 bits per heavy atom. The van der Waals surface area contributed by atoms with Gasteiger partial charge in [0.2, 0.25) is 0 Å². The topological polar surface area (TPSA) is 45.1 Å². The molecule has 3 nitrogen and oxygen atoms in total. The van der Waals surface area contributed by atoms with Gasteiger partial charge in [-0.1, -0.05) is 0 Å². The molecule has 4 heteroatoms. The SMILES string of the molecule is ONCc1nccs1. The molecule has 1 rings (SSSR count). The third kappa shape index (κ3) is 1.26. The highest BCUT2D eigenvalue weighted by Gasteiger charge is 1.89. The van der Waals surface area contributed by atoms with Crippen molar-refractivity contribution in [2.45, 2.75) is 6.54 Å². The van der Waals surface area contributed by atoms with Crippen LogP contribution in [-0.4, -0.2) is 10.2 Å². The predicted octanol–water partition coefficient (Wildman–Crippen LogP) is 0.622. The molecule has 2 N–H and O–H groups in total. The minimum absolute atomic E-state index is 0.442. The van der Waals surface area contributed by atoms with Crippen LogP contribution in [0.1, 0.15) is 5.01 Å². The fourth-order valence-corrected chi connectivity index (χ4v) is 0.956. The summed E-state index contributed by atoms with van der Waals surface area (Å²) in [7, 11) is 0. The van der Waals surface area contributed by atoms with Gasteiger partial charge in [0, 0.05) is 11.6 Å². The maximum absolute atomic E-state index is 8.15. The van der Waals surface area contributed by atoms with Gasteiger partial charge in [0.15, 0.2) is 0 Å². The summed E-state index contributed by atoms with van der Waals surface area (Å²) < 4.78 is 0. The Balaban J connectivity index is 2.50. The maximum Gasteiger partial charge on any atom is 0.109 e. The van der Waals surface area contributed by atoms with Crippen molar-refractivity contribution in [3.63, 3.8) is 0 Å². The number of thiazole rings is 1. The van der Waals surface area contributed by atoms with Gasteiger partial charge in [-0.25, -0.2) is 4.98 Å². The largest absolute Gasteiger partial charge is 0.316 e. The summed E-state index contributed by atoms with van der Waals surface area (Å²) in [5.41, 5.74) is 2.02. The van der Waals surface area contributed by atoms with E-state index >= 15 is 0 Å². The second kappa shape index (κ2) is 2.76. The fraction of sp³-hybridized carbons (Fsp3) is 0.250. The lowest BCUT2D eigenvalue weighted by Crippen LogP contribution is -2.04. The molecule has 0 spiro atoms. The number of hydrogen-bond donors (Lipinski definition) is 2. The van der Waals surface area contributed by atoms with E-state index in [4.69, 9.17) is 5.21 Å². The molecule has 0 aromatic carbocycles. The van der Waals surface area contributed by atoms with E-state index < -0.39 is 0 Å². The third-order valence-electron chi connectivity index (χ3n) is 0.714. The number of rotatable bonds is 2.